The minimum atomic E-state index is -0.847. The first-order valence-electron chi connectivity index (χ1n) is 11.3. The molecule has 2 aliphatic heterocycles. The van der Waals surface area contributed by atoms with Gasteiger partial charge in [0.2, 0.25) is 0 Å². The van der Waals surface area contributed by atoms with Gasteiger partial charge in [-0.05, 0) is 61.4 Å². The van der Waals surface area contributed by atoms with Crippen LogP contribution >= 0.6 is 0 Å². The Balaban J connectivity index is 1.72. The molecule has 3 aromatic carbocycles. The Labute approximate surface area is 203 Å². The van der Waals surface area contributed by atoms with Crippen LogP contribution in [0.4, 0.5) is 5.69 Å². The highest BCUT2D eigenvalue weighted by atomic mass is 16.6. The fourth-order valence-electron chi connectivity index (χ4n) is 4.63. The van der Waals surface area contributed by atoms with Crippen LogP contribution in [-0.2, 0) is 9.59 Å². The monoisotopic (exact) mass is 471 g/mol. The number of carbonyl (C=O) groups excluding carboxylic acids is 2. The molecule has 0 aromatic heterocycles. The number of Topliss-reactive ketones (excluding diaryl/α,β-unsaturated/α-hetero) is 1. The summed E-state index contributed by atoms with van der Waals surface area (Å²) in [6.45, 7) is 4.69. The van der Waals surface area contributed by atoms with Gasteiger partial charge in [-0.25, -0.2) is 0 Å². The molecule has 1 saturated heterocycles. The minimum absolute atomic E-state index is 0.0000872. The molecule has 0 bridgehead atoms. The van der Waals surface area contributed by atoms with Crippen LogP contribution in [0.1, 0.15) is 28.3 Å². The van der Waals surface area contributed by atoms with Gasteiger partial charge in [-0.15, -0.1) is 0 Å². The number of amides is 1. The first kappa shape index (κ1) is 22.5. The number of carbonyl (C=O) groups is 2. The molecule has 0 spiro atoms. The third-order valence-electron chi connectivity index (χ3n) is 6.28. The molecule has 1 N–H and O–H groups in total. The molecule has 1 amide bonds. The summed E-state index contributed by atoms with van der Waals surface area (Å²) in [4.78, 5) is 28.3. The lowest BCUT2D eigenvalue weighted by molar-refractivity contribution is -0.132. The van der Waals surface area contributed by atoms with Crippen LogP contribution in [0.5, 0.6) is 17.2 Å². The van der Waals surface area contributed by atoms with Gasteiger partial charge in [0.1, 0.15) is 24.7 Å². The number of nitrogens with zero attached hydrogens (tertiary/aromatic N) is 1. The molecular weight excluding hydrogens is 446 g/mol. The zero-order valence-electron chi connectivity index (χ0n) is 19.7. The van der Waals surface area contributed by atoms with Crippen LogP contribution in [0.3, 0.4) is 0 Å². The van der Waals surface area contributed by atoms with Gasteiger partial charge in [-0.2, -0.15) is 0 Å². The van der Waals surface area contributed by atoms with Crippen LogP contribution in [0, 0.1) is 13.8 Å². The van der Waals surface area contributed by atoms with Crippen molar-refractivity contribution in [3.63, 3.8) is 0 Å². The summed E-state index contributed by atoms with van der Waals surface area (Å²) in [5.41, 5.74) is 3.49. The van der Waals surface area contributed by atoms with E-state index in [4.69, 9.17) is 14.2 Å². The first-order chi connectivity index (χ1) is 16.9. The van der Waals surface area contributed by atoms with Gasteiger partial charge in [0.15, 0.2) is 11.5 Å². The molecule has 5 rings (SSSR count). The number of methoxy groups -OCH3 is 1. The quantitative estimate of drug-likeness (QED) is 0.337. The van der Waals surface area contributed by atoms with Crippen molar-refractivity contribution in [3.05, 3.63) is 88.5 Å². The molecule has 0 radical (unpaired) electrons. The predicted molar refractivity (Wildman–Crippen MR) is 131 cm³/mol. The molecule has 7 heteroatoms. The number of rotatable bonds is 4. The highest BCUT2D eigenvalue weighted by molar-refractivity contribution is 6.51. The number of anilines is 1. The maximum Gasteiger partial charge on any atom is 0.300 e. The van der Waals surface area contributed by atoms with Crippen molar-refractivity contribution < 1.29 is 28.9 Å². The standard InChI is InChI=1S/C28H25NO6/c1-16-7-9-21(17(2)13-16)29-25(18-5-4-6-20(14-18)33-3)24(27(31)28(29)32)26(30)19-8-10-22-23(15-19)35-12-11-34-22/h4-10,13-15,25,30H,11-12H2,1-3H3/b26-24-. The van der Waals surface area contributed by atoms with Crippen molar-refractivity contribution in [2.75, 3.05) is 25.2 Å². The number of hydrogen-bond acceptors (Lipinski definition) is 6. The number of aliphatic hydroxyl groups is 1. The smallest absolute Gasteiger partial charge is 0.300 e. The van der Waals surface area contributed by atoms with Gasteiger partial charge < -0.3 is 19.3 Å². The number of benzene rings is 3. The summed E-state index contributed by atoms with van der Waals surface area (Å²) in [5.74, 6) is -0.128. The third-order valence-corrected chi connectivity index (χ3v) is 6.28. The van der Waals surface area contributed by atoms with E-state index in [1.807, 2.05) is 38.1 Å². The van der Waals surface area contributed by atoms with Crippen molar-refractivity contribution in [2.24, 2.45) is 0 Å². The Kier molecular flexibility index (Phi) is 5.68. The van der Waals surface area contributed by atoms with Gasteiger partial charge in [-0.3, -0.25) is 14.5 Å². The van der Waals surface area contributed by atoms with Crippen molar-refractivity contribution in [1.29, 1.82) is 0 Å². The summed E-state index contributed by atoms with van der Waals surface area (Å²) in [7, 11) is 1.55. The van der Waals surface area contributed by atoms with Crippen LogP contribution in [0.25, 0.3) is 5.76 Å². The van der Waals surface area contributed by atoms with Crippen LogP contribution in [0.15, 0.2) is 66.2 Å². The normalized spacial score (nSPS) is 18.6. The van der Waals surface area contributed by atoms with Crippen molar-refractivity contribution >= 4 is 23.1 Å². The minimum Gasteiger partial charge on any atom is -0.507 e. The average molecular weight is 472 g/mol. The molecule has 0 aliphatic carbocycles. The van der Waals surface area contributed by atoms with E-state index in [-0.39, 0.29) is 11.3 Å². The summed E-state index contributed by atoms with van der Waals surface area (Å²) in [6.07, 6.45) is 0. The molecule has 35 heavy (non-hydrogen) atoms. The van der Waals surface area contributed by atoms with Crippen LogP contribution in [-0.4, -0.2) is 37.1 Å². The number of aliphatic hydroxyl groups excluding tert-OH is 1. The molecule has 2 heterocycles. The molecule has 7 nitrogen and oxygen atoms in total. The van der Waals surface area contributed by atoms with E-state index in [0.29, 0.717) is 47.3 Å². The molecule has 0 saturated carbocycles. The summed E-state index contributed by atoms with van der Waals surface area (Å²) in [5, 5.41) is 11.4. The lowest BCUT2D eigenvalue weighted by Crippen LogP contribution is -2.30. The Morgan fingerprint density at radius 1 is 0.971 bits per heavy atom. The highest BCUT2D eigenvalue weighted by Crippen LogP contribution is 2.44. The van der Waals surface area contributed by atoms with Gasteiger partial charge >= 0.3 is 0 Å². The van der Waals surface area contributed by atoms with Crippen molar-refractivity contribution in [2.45, 2.75) is 19.9 Å². The molecule has 3 aromatic rings. The molecular formula is C28H25NO6. The van der Waals surface area contributed by atoms with Crippen molar-refractivity contribution in [1.82, 2.24) is 0 Å². The summed E-state index contributed by atoms with van der Waals surface area (Å²) in [6, 6.07) is 16.9. The molecule has 2 aliphatic rings. The largest absolute Gasteiger partial charge is 0.507 e. The molecule has 1 unspecified atom stereocenters. The predicted octanol–water partition coefficient (Wildman–Crippen LogP) is 4.71. The Bertz CT molecular complexity index is 1380. The second kappa shape index (κ2) is 8.83. The van der Waals surface area contributed by atoms with Gasteiger partial charge in [0, 0.05) is 11.3 Å². The average Bonchev–Trinajstić information content (AvgIpc) is 3.13. The SMILES string of the molecule is COc1cccc(C2/C(=C(/O)c3ccc4c(c3)OCCO4)C(=O)C(=O)N2c2ccc(C)cc2C)c1. The van der Waals surface area contributed by atoms with Crippen LogP contribution < -0.4 is 19.1 Å². The van der Waals surface area contributed by atoms with Gasteiger partial charge in [0.05, 0.1) is 18.7 Å². The summed E-state index contributed by atoms with van der Waals surface area (Å²) >= 11 is 0. The first-order valence-corrected chi connectivity index (χ1v) is 11.3. The highest BCUT2D eigenvalue weighted by Gasteiger charge is 2.47. The topological polar surface area (TPSA) is 85.3 Å². The van der Waals surface area contributed by atoms with E-state index in [9.17, 15) is 14.7 Å². The lowest BCUT2D eigenvalue weighted by Gasteiger charge is -2.27. The Morgan fingerprint density at radius 2 is 1.74 bits per heavy atom. The maximum absolute atomic E-state index is 13.4. The number of hydrogen-bond donors (Lipinski definition) is 1. The van der Waals surface area contributed by atoms with Gasteiger partial charge in [0.25, 0.3) is 11.7 Å². The van der Waals surface area contributed by atoms with E-state index < -0.39 is 17.7 Å². The van der Waals surface area contributed by atoms with E-state index in [2.05, 4.69) is 0 Å². The Hall–Kier alpha value is -4.26. The zero-order chi connectivity index (χ0) is 24.7. The van der Waals surface area contributed by atoms with E-state index in [0.717, 1.165) is 11.1 Å². The zero-order valence-corrected chi connectivity index (χ0v) is 19.7. The van der Waals surface area contributed by atoms with Crippen molar-refractivity contribution in [3.8, 4) is 17.2 Å². The molecule has 178 valence electrons. The number of ether oxygens (including phenoxy) is 3. The number of ketones is 1. The Morgan fingerprint density at radius 3 is 2.49 bits per heavy atom. The van der Waals surface area contributed by atoms with E-state index in [1.165, 1.54) is 4.90 Å². The number of fused-ring (bicyclic) bond motifs is 1. The second-order valence-electron chi connectivity index (χ2n) is 8.59. The number of aryl methyl sites for hydroxylation is 2. The van der Waals surface area contributed by atoms with E-state index >= 15 is 0 Å². The fraction of sp³-hybridized carbons (Fsp3) is 0.214. The fourth-order valence-corrected chi connectivity index (χ4v) is 4.63. The maximum atomic E-state index is 13.4. The molecule has 1 fully saturated rings. The second-order valence-corrected chi connectivity index (χ2v) is 8.59. The third kappa shape index (κ3) is 3.89. The van der Waals surface area contributed by atoms with E-state index in [1.54, 1.807) is 43.5 Å². The van der Waals surface area contributed by atoms with Gasteiger partial charge in [-0.1, -0.05) is 29.8 Å². The molecule has 1 atom stereocenters. The van der Waals surface area contributed by atoms with Crippen LogP contribution in [0.2, 0.25) is 0 Å². The summed E-state index contributed by atoms with van der Waals surface area (Å²) < 4.78 is 16.6. The lowest BCUT2D eigenvalue weighted by atomic mass is 9.94.